The number of nitrogens with zero attached hydrogens (tertiary/aromatic N) is 1. The van der Waals surface area contributed by atoms with Crippen molar-refractivity contribution >= 4 is 23.4 Å². The molecule has 0 aliphatic carbocycles. The molecule has 1 rings (SSSR count). The number of rotatable bonds is 4. The van der Waals surface area contributed by atoms with Crippen LogP contribution in [0.3, 0.4) is 0 Å². The van der Waals surface area contributed by atoms with Crippen molar-refractivity contribution in [2.75, 3.05) is 0 Å². The number of aromatic nitrogens is 1. The van der Waals surface area contributed by atoms with Crippen molar-refractivity contribution < 1.29 is 9.53 Å². The van der Waals surface area contributed by atoms with Crippen molar-refractivity contribution in [3.8, 4) is 0 Å². The monoisotopic (exact) mass is 267 g/mol. The van der Waals surface area contributed by atoms with Gasteiger partial charge in [-0.05, 0) is 32.8 Å². The van der Waals surface area contributed by atoms with Gasteiger partial charge in [-0.2, -0.15) is 0 Å². The van der Waals surface area contributed by atoms with E-state index < -0.39 is 5.60 Å². The summed E-state index contributed by atoms with van der Waals surface area (Å²) in [5.41, 5.74) is -0.447. The highest BCUT2D eigenvalue weighted by molar-refractivity contribution is 7.12. The molecule has 0 fully saturated rings. The van der Waals surface area contributed by atoms with Gasteiger partial charge in [0.25, 0.3) is 0 Å². The predicted octanol–water partition coefficient (Wildman–Crippen LogP) is 3.70. The summed E-state index contributed by atoms with van der Waals surface area (Å²) in [6, 6.07) is 0. The van der Waals surface area contributed by atoms with Crippen molar-refractivity contribution in [3.63, 3.8) is 0 Å². The van der Waals surface area contributed by atoms with Crippen LogP contribution in [0.4, 0.5) is 0 Å². The van der Waals surface area contributed by atoms with Crippen molar-refractivity contribution in [1.82, 2.24) is 4.98 Å². The lowest BCUT2D eigenvalue weighted by Gasteiger charge is -2.17. The average Bonchev–Trinajstić information content (AvgIpc) is 2.59. The second-order valence-electron chi connectivity index (χ2n) is 5.62. The van der Waals surface area contributed by atoms with Crippen molar-refractivity contribution in [2.24, 2.45) is 5.92 Å². The van der Waals surface area contributed by atoms with Crippen LogP contribution in [0.2, 0.25) is 0 Å². The van der Waals surface area contributed by atoms with E-state index in [1.807, 2.05) is 20.8 Å². The zero-order chi connectivity index (χ0) is 13.8. The number of hydrogen-bond donors (Lipinski definition) is 0. The Balaban J connectivity index is 2.56. The smallest absolute Gasteiger partial charge is 0.331 e. The normalized spacial score (nSPS) is 12.3. The third-order valence-corrected chi connectivity index (χ3v) is 2.93. The van der Waals surface area contributed by atoms with E-state index in [0.29, 0.717) is 5.92 Å². The molecule has 0 unspecified atom stereocenters. The van der Waals surface area contributed by atoms with Gasteiger partial charge >= 0.3 is 5.97 Å². The molecule has 0 radical (unpaired) electrons. The maximum atomic E-state index is 11.5. The molecule has 100 valence electrons. The van der Waals surface area contributed by atoms with E-state index in [1.54, 1.807) is 23.6 Å². The summed E-state index contributed by atoms with van der Waals surface area (Å²) in [7, 11) is 0. The lowest BCUT2D eigenvalue weighted by molar-refractivity contribution is -0.148. The number of carbonyl (C=O) groups excluding carboxylic acids is 1. The molecular formula is C14H21NO2S. The SMILES string of the molecule is CC(C)Cc1ncc(/C=C/C(=O)OC(C)(C)C)s1. The molecule has 1 heterocycles. The Hall–Kier alpha value is -1.16. The van der Waals surface area contributed by atoms with Crippen LogP contribution in [0.15, 0.2) is 12.3 Å². The number of hydrogen-bond acceptors (Lipinski definition) is 4. The topological polar surface area (TPSA) is 39.2 Å². The van der Waals surface area contributed by atoms with Crippen molar-refractivity contribution in [3.05, 3.63) is 22.2 Å². The van der Waals surface area contributed by atoms with Crippen LogP contribution in [0.5, 0.6) is 0 Å². The van der Waals surface area contributed by atoms with E-state index in [9.17, 15) is 4.79 Å². The zero-order valence-electron chi connectivity index (χ0n) is 11.7. The van der Waals surface area contributed by atoms with Gasteiger partial charge in [0, 0.05) is 23.6 Å². The fourth-order valence-corrected chi connectivity index (χ4v) is 2.37. The Morgan fingerprint density at radius 3 is 2.72 bits per heavy atom. The molecule has 1 aromatic rings. The molecule has 1 aromatic heterocycles. The number of ether oxygens (including phenoxy) is 1. The van der Waals surface area contributed by atoms with Gasteiger partial charge in [-0.1, -0.05) is 13.8 Å². The fraction of sp³-hybridized carbons (Fsp3) is 0.571. The molecule has 18 heavy (non-hydrogen) atoms. The van der Waals surface area contributed by atoms with E-state index in [-0.39, 0.29) is 5.97 Å². The highest BCUT2D eigenvalue weighted by atomic mass is 32.1. The summed E-state index contributed by atoms with van der Waals surface area (Å²) < 4.78 is 5.19. The van der Waals surface area contributed by atoms with Gasteiger partial charge in [0.1, 0.15) is 5.60 Å². The van der Waals surface area contributed by atoms with Gasteiger partial charge in [-0.15, -0.1) is 11.3 Å². The molecule has 4 heteroatoms. The van der Waals surface area contributed by atoms with Crippen LogP contribution in [0.1, 0.15) is 44.5 Å². The Morgan fingerprint density at radius 1 is 1.50 bits per heavy atom. The summed E-state index contributed by atoms with van der Waals surface area (Å²) in [6.45, 7) is 9.89. The van der Waals surface area contributed by atoms with E-state index in [0.717, 1.165) is 16.3 Å². The second-order valence-corrected chi connectivity index (χ2v) is 6.77. The lowest BCUT2D eigenvalue weighted by atomic mass is 10.1. The fourth-order valence-electron chi connectivity index (χ4n) is 1.33. The first-order valence-corrected chi connectivity index (χ1v) is 6.93. The standard InChI is InChI=1S/C14H21NO2S/c1-10(2)8-12-15-9-11(18-12)6-7-13(16)17-14(3,4)5/h6-7,9-10H,8H2,1-5H3/b7-6+. The summed E-state index contributed by atoms with van der Waals surface area (Å²) in [5, 5.41) is 1.11. The van der Waals surface area contributed by atoms with Gasteiger partial charge in [0.2, 0.25) is 0 Å². The second kappa shape index (κ2) is 6.14. The third kappa shape index (κ3) is 5.96. The Bertz CT molecular complexity index is 427. The minimum absolute atomic E-state index is 0.318. The van der Waals surface area contributed by atoms with E-state index in [2.05, 4.69) is 18.8 Å². The average molecular weight is 267 g/mol. The van der Waals surface area contributed by atoms with Gasteiger partial charge < -0.3 is 4.74 Å². The first kappa shape index (κ1) is 14.9. The summed E-state index contributed by atoms with van der Waals surface area (Å²) in [5.74, 6) is 0.278. The summed E-state index contributed by atoms with van der Waals surface area (Å²) in [4.78, 5) is 16.8. The highest BCUT2D eigenvalue weighted by Crippen LogP contribution is 2.18. The molecular weight excluding hydrogens is 246 g/mol. The number of carbonyl (C=O) groups is 1. The highest BCUT2D eigenvalue weighted by Gasteiger charge is 2.13. The zero-order valence-corrected chi connectivity index (χ0v) is 12.5. The minimum Gasteiger partial charge on any atom is -0.457 e. The molecule has 0 aromatic carbocycles. The minimum atomic E-state index is -0.447. The van der Waals surface area contributed by atoms with Crippen LogP contribution < -0.4 is 0 Å². The molecule has 0 saturated carbocycles. The van der Waals surface area contributed by atoms with Crippen LogP contribution >= 0.6 is 11.3 Å². The molecule has 0 atom stereocenters. The number of thiazole rings is 1. The molecule has 0 spiro atoms. The third-order valence-electron chi connectivity index (χ3n) is 1.94. The molecule has 0 N–H and O–H groups in total. The largest absolute Gasteiger partial charge is 0.457 e. The van der Waals surface area contributed by atoms with Crippen molar-refractivity contribution in [2.45, 2.75) is 46.6 Å². The molecule has 0 saturated heterocycles. The lowest BCUT2D eigenvalue weighted by Crippen LogP contribution is -2.22. The Kier molecular flexibility index (Phi) is 5.08. The van der Waals surface area contributed by atoms with Gasteiger partial charge in [-0.25, -0.2) is 9.78 Å². The van der Waals surface area contributed by atoms with E-state index in [1.165, 1.54) is 6.08 Å². The Labute approximate surface area is 113 Å². The van der Waals surface area contributed by atoms with E-state index in [4.69, 9.17) is 4.74 Å². The quantitative estimate of drug-likeness (QED) is 0.617. The van der Waals surface area contributed by atoms with Crippen molar-refractivity contribution in [1.29, 1.82) is 0 Å². The van der Waals surface area contributed by atoms with Crippen LogP contribution in [-0.2, 0) is 16.0 Å². The van der Waals surface area contributed by atoms with Gasteiger partial charge in [0.05, 0.1) is 5.01 Å². The molecule has 0 aliphatic rings. The van der Waals surface area contributed by atoms with Gasteiger partial charge in [-0.3, -0.25) is 0 Å². The summed E-state index contributed by atoms with van der Waals surface area (Å²) in [6.07, 6.45) is 5.99. The first-order chi connectivity index (χ1) is 8.26. The van der Waals surface area contributed by atoms with Gasteiger partial charge in [0.15, 0.2) is 0 Å². The maximum Gasteiger partial charge on any atom is 0.331 e. The Morgan fingerprint density at radius 2 is 2.17 bits per heavy atom. The predicted molar refractivity (Wildman–Crippen MR) is 75.5 cm³/mol. The molecule has 0 aliphatic heterocycles. The van der Waals surface area contributed by atoms with Crippen LogP contribution in [0.25, 0.3) is 6.08 Å². The molecule has 0 amide bonds. The number of esters is 1. The van der Waals surface area contributed by atoms with Crippen LogP contribution in [-0.4, -0.2) is 16.6 Å². The summed E-state index contributed by atoms with van der Waals surface area (Å²) >= 11 is 1.62. The molecule has 3 nitrogen and oxygen atoms in total. The first-order valence-electron chi connectivity index (χ1n) is 6.12. The molecule has 0 bridgehead atoms. The van der Waals surface area contributed by atoms with Crippen LogP contribution in [0, 0.1) is 5.92 Å². The van der Waals surface area contributed by atoms with E-state index >= 15 is 0 Å². The maximum absolute atomic E-state index is 11.5.